The van der Waals surface area contributed by atoms with Gasteiger partial charge in [-0.1, -0.05) is 35.6 Å². The number of fused-ring (bicyclic) bond motifs is 1. The molecule has 29 heavy (non-hydrogen) atoms. The summed E-state index contributed by atoms with van der Waals surface area (Å²) in [6.07, 6.45) is 3.89. The van der Waals surface area contributed by atoms with E-state index in [1.54, 1.807) is 0 Å². The van der Waals surface area contributed by atoms with Gasteiger partial charge in [-0.3, -0.25) is 10.1 Å². The molecule has 2 fully saturated rings. The zero-order valence-corrected chi connectivity index (χ0v) is 18.5. The van der Waals surface area contributed by atoms with Gasteiger partial charge in [0.25, 0.3) is 5.91 Å². The number of hydrogen-bond acceptors (Lipinski definition) is 5. The smallest absolute Gasteiger partial charge is 0.257 e. The Hall–Kier alpha value is -1.73. The molecule has 8 heteroatoms. The number of halogens is 2. The van der Waals surface area contributed by atoms with Crippen LogP contribution in [0, 0.1) is 12.8 Å². The van der Waals surface area contributed by atoms with Crippen LogP contribution in [-0.2, 0) is 0 Å². The summed E-state index contributed by atoms with van der Waals surface area (Å²) < 4.78 is 0. The first-order valence-electron chi connectivity index (χ1n) is 9.55. The van der Waals surface area contributed by atoms with Crippen molar-refractivity contribution >= 4 is 58.0 Å². The van der Waals surface area contributed by atoms with E-state index < -0.39 is 0 Å². The van der Waals surface area contributed by atoms with Crippen molar-refractivity contribution in [3.05, 3.63) is 52.5 Å². The monoisotopic (exact) mass is 450 g/mol. The molecule has 2 saturated carbocycles. The predicted molar refractivity (Wildman–Crippen MR) is 123 cm³/mol. The van der Waals surface area contributed by atoms with E-state index in [1.807, 2.05) is 19.1 Å². The van der Waals surface area contributed by atoms with Gasteiger partial charge >= 0.3 is 0 Å². The summed E-state index contributed by atoms with van der Waals surface area (Å²) in [6, 6.07) is 12.9. The summed E-state index contributed by atoms with van der Waals surface area (Å²) in [4.78, 5) is 12.8. The highest BCUT2D eigenvalue weighted by Crippen LogP contribution is 2.44. The molecule has 2 N–H and O–H groups in total. The number of aryl methyl sites for hydroxylation is 1. The van der Waals surface area contributed by atoms with E-state index in [2.05, 4.69) is 45.1 Å². The number of benzene rings is 2. The van der Waals surface area contributed by atoms with E-state index in [1.165, 1.54) is 35.1 Å². The molecule has 0 spiro atoms. The number of nitrogens with one attached hydrogen (secondary N) is 2. The van der Waals surface area contributed by atoms with Crippen LogP contribution in [-0.4, -0.2) is 28.7 Å². The Kier molecular flexibility index (Phi) is 6.79. The second kappa shape index (κ2) is 8.96. The van der Waals surface area contributed by atoms with Gasteiger partial charge < -0.3 is 5.32 Å². The number of hydrogen-bond donors (Lipinski definition) is 2. The van der Waals surface area contributed by atoms with Gasteiger partial charge in [0.05, 0.1) is 0 Å². The van der Waals surface area contributed by atoms with Crippen LogP contribution in [0.1, 0.15) is 46.1 Å². The lowest BCUT2D eigenvalue weighted by Gasteiger charge is -2.11. The van der Waals surface area contributed by atoms with E-state index in [0.717, 1.165) is 29.3 Å². The third-order valence-corrected chi connectivity index (χ3v) is 6.21. The molecule has 5 rings (SSSR count). The van der Waals surface area contributed by atoms with Gasteiger partial charge in [0.1, 0.15) is 5.01 Å². The lowest BCUT2D eigenvalue weighted by atomic mass is 9.97. The maximum Gasteiger partial charge on any atom is 0.257 e. The summed E-state index contributed by atoms with van der Waals surface area (Å²) >= 11 is 1.39. The van der Waals surface area contributed by atoms with Crippen LogP contribution in [0.2, 0.25) is 0 Å². The fraction of sp³-hybridized carbons (Fsp3) is 0.381. The van der Waals surface area contributed by atoms with Crippen molar-refractivity contribution in [3.63, 3.8) is 0 Å². The second-order valence-corrected chi connectivity index (χ2v) is 8.85. The first-order chi connectivity index (χ1) is 13.2. The lowest BCUT2D eigenvalue weighted by Crippen LogP contribution is -2.20. The van der Waals surface area contributed by atoms with Crippen molar-refractivity contribution in [1.29, 1.82) is 0 Å². The van der Waals surface area contributed by atoms with Gasteiger partial charge in [0.2, 0.25) is 5.13 Å². The third-order valence-electron chi connectivity index (χ3n) is 5.46. The first kappa shape index (κ1) is 22.0. The highest BCUT2D eigenvalue weighted by atomic mass is 35.5. The van der Waals surface area contributed by atoms with Crippen molar-refractivity contribution in [2.24, 2.45) is 5.92 Å². The van der Waals surface area contributed by atoms with Crippen molar-refractivity contribution in [3.8, 4) is 0 Å². The first-order valence-corrected chi connectivity index (χ1v) is 10.4. The Balaban J connectivity index is 0.00000120. The molecule has 5 nitrogen and oxygen atoms in total. The summed E-state index contributed by atoms with van der Waals surface area (Å²) in [6.45, 7) is 3.01. The fourth-order valence-corrected chi connectivity index (χ4v) is 4.29. The van der Waals surface area contributed by atoms with Gasteiger partial charge in [-0.15, -0.1) is 35.0 Å². The van der Waals surface area contributed by atoms with E-state index >= 15 is 0 Å². The predicted octanol–water partition coefficient (Wildman–Crippen LogP) is 4.95. The molecular weight excluding hydrogens is 427 g/mol. The van der Waals surface area contributed by atoms with E-state index in [-0.39, 0.29) is 30.7 Å². The summed E-state index contributed by atoms with van der Waals surface area (Å²) in [7, 11) is 0. The molecule has 2 aromatic carbocycles. The van der Waals surface area contributed by atoms with E-state index in [9.17, 15) is 4.79 Å². The highest BCUT2D eigenvalue weighted by molar-refractivity contribution is 7.15. The van der Waals surface area contributed by atoms with Crippen LogP contribution in [0.25, 0.3) is 10.8 Å². The molecule has 0 saturated heterocycles. The van der Waals surface area contributed by atoms with Gasteiger partial charge in [-0.05, 0) is 67.1 Å². The Labute approximate surface area is 186 Å². The average molecular weight is 451 g/mol. The summed E-state index contributed by atoms with van der Waals surface area (Å²) in [5, 5.41) is 18.3. The SMILES string of the molecule is Cc1nnc(NC(=O)c2cc([C@@H]3C[C@H]3NCC3CC3)c3ccccc3c2)s1.Cl.Cl. The number of amides is 1. The number of anilines is 1. The molecule has 154 valence electrons. The number of carbonyl (C=O) groups is 1. The van der Waals surface area contributed by atoms with E-state index in [4.69, 9.17) is 0 Å². The molecule has 0 unspecified atom stereocenters. The fourth-order valence-electron chi connectivity index (χ4n) is 3.70. The number of nitrogens with zero attached hydrogens (tertiary/aromatic N) is 2. The maximum absolute atomic E-state index is 12.8. The van der Waals surface area contributed by atoms with Crippen LogP contribution in [0.3, 0.4) is 0 Å². The average Bonchev–Trinajstić information content (AvgIpc) is 3.58. The van der Waals surface area contributed by atoms with E-state index in [0.29, 0.717) is 22.7 Å². The standard InChI is InChI=1S/C21H22N4OS.2ClH/c1-12-24-25-21(27-12)23-20(26)15-8-14-4-2-3-5-16(14)17(9-15)18-10-19(18)22-11-13-6-7-13;;/h2-5,8-9,13,18-19,22H,6-7,10-11H2,1H3,(H,23,25,26);2*1H/t18-,19+;;/m0../s1. The molecule has 1 aromatic heterocycles. The van der Waals surface area contributed by atoms with Crippen molar-refractivity contribution in [1.82, 2.24) is 15.5 Å². The quantitative estimate of drug-likeness (QED) is 0.557. The summed E-state index contributed by atoms with van der Waals surface area (Å²) in [5.74, 6) is 1.25. The molecular formula is C21H24Cl2N4OS. The molecule has 1 heterocycles. The van der Waals surface area contributed by atoms with Gasteiger partial charge in [0, 0.05) is 17.5 Å². The zero-order valence-electron chi connectivity index (χ0n) is 16.1. The van der Waals surface area contributed by atoms with Crippen molar-refractivity contribution < 1.29 is 4.79 Å². The molecule has 0 bridgehead atoms. The van der Waals surface area contributed by atoms with Gasteiger partial charge in [0.15, 0.2) is 0 Å². The van der Waals surface area contributed by atoms with Crippen LogP contribution >= 0.6 is 36.2 Å². The molecule has 2 aliphatic carbocycles. The second-order valence-electron chi connectivity index (χ2n) is 7.67. The largest absolute Gasteiger partial charge is 0.313 e. The minimum Gasteiger partial charge on any atom is -0.313 e. The number of rotatable bonds is 6. The number of carbonyl (C=O) groups excluding carboxylic acids is 1. The molecule has 1 amide bonds. The molecule has 2 aliphatic rings. The van der Waals surface area contributed by atoms with Crippen molar-refractivity contribution in [2.75, 3.05) is 11.9 Å². The highest BCUT2D eigenvalue weighted by Gasteiger charge is 2.40. The topological polar surface area (TPSA) is 66.9 Å². The van der Waals surface area contributed by atoms with Gasteiger partial charge in [-0.2, -0.15) is 0 Å². The minimum atomic E-state index is -0.124. The zero-order chi connectivity index (χ0) is 18.4. The van der Waals surface area contributed by atoms with Crippen LogP contribution < -0.4 is 10.6 Å². The summed E-state index contributed by atoms with van der Waals surface area (Å²) in [5.41, 5.74) is 1.96. The number of aromatic nitrogens is 2. The Morgan fingerprint density at radius 2 is 1.97 bits per heavy atom. The minimum absolute atomic E-state index is 0. The lowest BCUT2D eigenvalue weighted by molar-refractivity contribution is 0.102. The Bertz CT molecular complexity index is 1020. The molecule has 0 radical (unpaired) electrons. The molecule has 2 atom stereocenters. The Morgan fingerprint density at radius 1 is 1.17 bits per heavy atom. The molecule has 3 aromatic rings. The van der Waals surface area contributed by atoms with Crippen LogP contribution in [0.5, 0.6) is 0 Å². The Morgan fingerprint density at radius 3 is 2.69 bits per heavy atom. The van der Waals surface area contributed by atoms with Crippen LogP contribution in [0.15, 0.2) is 36.4 Å². The normalized spacial score (nSPS) is 19.9. The third kappa shape index (κ3) is 4.89. The molecule has 0 aliphatic heterocycles. The van der Waals surface area contributed by atoms with Crippen molar-refractivity contribution in [2.45, 2.75) is 38.1 Å². The van der Waals surface area contributed by atoms with Gasteiger partial charge in [-0.25, -0.2) is 0 Å². The maximum atomic E-state index is 12.8. The van der Waals surface area contributed by atoms with Crippen LogP contribution in [0.4, 0.5) is 5.13 Å².